The van der Waals surface area contributed by atoms with Crippen LogP contribution < -0.4 is 11.1 Å². The fraction of sp³-hybridized carbons (Fsp3) is 0.579. The van der Waals surface area contributed by atoms with Crippen molar-refractivity contribution in [3.05, 3.63) is 35.4 Å². The van der Waals surface area contributed by atoms with Gasteiger partial charge in [-0.05, 0) is 49.8 Å². The smallest absolute Gasteiger partial charge is 0.352 e. The molecule has 1 aliphatic rings. The minimum Gasteiger partial charge on any atom is -0.352 e. The second kappa shape index (κ2) is 9.21. The molecule has 1 aromatic carbocycles. The summed E-state index contributed by atoms with van der Waals surface area (Å²) in [6.07, 6.45) is -1.70. The fourth-order valence-corrected chi connectivity index (χ4v) is 3.21. The van der Waals surface area contributed by atoms with Gasteiger partial charge in [0.2, 0.25) is 11.8 Å². The largest absolute Gasteiger partial charge is 0.416 e. The number of hydrogen-bond acceptors (Lipinski definition) is 3. The van der Waals surface area contributed by atoms with Gasteiger partial charge in [-0.15, -0.1) is 0 Å². The molecule has 1 heterocycles. The van der Waals surface area contributed by atoms with Crippen molar-refractivity contribution in [2.45, 2.75) is 51.4 Å². The maximum absolute atomic E-state index is 12.7. The Balaban J connectivity index is 1.71. The molecule has 0 saturated carbocycles. The first-order valence-corrected chi connectivity index (χ1v) is 9.14. The van der Waals surface area contributed by atoms with Gasteiger partial charge in [0.05, 0.1) is 11.6 Å². The van der Waals surface area contributed by atoms with Crippen LogP contribution in [0.2, 0.25) is 0 Å². The number of carbonyl (C=O) groups is 2. The average Bonchev–Trinajstić information content (AvgIpc) is 2.64. The van der Waals surface area contributed by atoms with Crippen LogP contribution in [0.5, 0.6) is 0 Å². The van der Waals surface area contributed by atoms with Crippen LogP contribution in [-0.4, -0.2) is 35.8 Å². The molecular formula is C19H26F3N3O2. The zero-order valence-electron chi connectivity index (χ0n) is 15.4. The van der Waals surface area contributed by atoms with Crippen molar-refractivity contribution in [1.82, 2.24) is 10.2 Å². The van der Waals surface area contributed by atoms with Crippen molar-refractivity contribution in [2.24, 2.45) is 11.7 Å². The third kappa shape index (κ3) is 6.53. The van der Waals surface area contributed by atoms with E-state index in [0.717, 1.165) is 25.0 Å². The first-order chi connectivity index (χ1) is 12.7. The van der Waals surface area contributed by atoms with Crippen molar-refractivity contribution in [2.75, 3.05) is 13.1 Å². The molecule has 8 heteroatoms. The molecule has 3 N–H and O–H groups in total. The lowest BCUT2D eigenvalue weighted by molar-refractivity contribution is -0.137. The Morgan fingerprint density at radius 3 is 2.56 bits per heavy atom. The normalized spacial score (nSPS) is 16.9. The van der Waals surface area contributed by atoms with Gasteiger partial charge in [0, 0.05) is 26.1 Å². The number of amides is 2. The summed E-state index contributed by atoms with van der Waals surface area (Å²) in [6.45, 7) is 3.04. The van der Waals surface area contributed by atoms with Crippen LogP contribution in [0.15, 0.2) is 24.3 Å². The first-order valence-electron chi connectivity index (χ1n) is 9.14. The van der Waals surface area contributed by atoms with E-state index in [0.29, 0.717) is 37.4 Å². The quantitative estimate of drug-likeness (QED) is 0.791. The SMILES string of the molecule is C[C@H](N)C(=O)N1CCC(CCC(=O)NCc2cccc(C(F)(F)F)c2)CC1. The van der Waals surface area contributed by atoms with Crippen molar-refractivity contribution in [3.8, 4) is 0 Å². The maximum atomic E-state index is 12.7. The Hall–Kier alpha value is -2.09. The van der Waals surface area contributed by atoms with Gasteiger partial charge < -0.3 is 16.0 Å². The van der Waals surface area contributed by atoms with Crippen molar-refractivity contribution < 1.29 is 22.8 Å². The molecule has 0 spiro atoms. The average molecular weight is 385 g/mol. The highest BCUT2D eigenvalue weighted by atomic mass is 19.4. The van der Waals surface area contributed by atoms with Gasteiger partial charge in [-0.2, -0.15) is 13.2 Å². The summed E-state index contributed by atoms with van der Waals surface area (Å²) in [5.41, 5.74) is 5.31. The second-order valence-electron chi connectivity index (χ2n) is 7.07. The molecule has 1 fully saturated rings. The highest BCUT2D eigenvalue weighted by Gasteiger charge is 2.30. The number of alkyl halides is 3. The minimum atomic E-state index is -4.39. The number of nitrogens with one attached hydrogen (secondary N) is 1. The van der Waals surface area contributed by atoms with Crippen LogP contribution in [0.3, 0.4) is 0 Å². The number of nitrogens with two attached hydrogens (primary N) is 1. The molecule has 0 aliphatic carbocycles. The summed E-state index contributed by atoms with van der Waals surface area (Å²) in [5, 5.41) is 2.67. The summed E-state index contributed by atoms with van der Waals surface area (Å²) in [5.74, 6) is 0.134. The van der Waals surface area contributed by atoms with Gasteiger partial charge in [-0.3, -0.25) is 9.59 Å². The van der Waals surface area contributed by atoms with E-state index < -0.39 is 17.8 Å². The van der Waals surface area contributed by atoms with E-state index in [-0.39, 0.29) is 18.4 Å². The van der Waals surface area contributed by atoms with E-state index in [9.17, 15) is 22.8 Å². The maximum Gasteiger partial charge on any atom is 0.416 e. The molecular weight excluding hydrogens is 359 g/mol. The van der Waals surface area contributed by atoms with Crippen LogP contribution in [-0.2, 0) is 22.3 Å². The molecule has 0 aromatic heterocycles. The van der Waals surface area contributed by atoms with E-state index >= 15 is 0 Å². The van der Waals surface area contributed by atoms with Gasteiger partial charge in [-0.25, -0.2) is 0 Å². The summed E-state index contributed by atoms with van der Waals surface area (Å²) < 4.78 is 38.1. The third-order valence-corrected chi connectivity index (χ3v) is 4.84. The Kier molecular flexibility index (Phi) is 7.24. The van der Waals surface area contributed by atoms with Gasteiger partial charge >= 0.3 is 6.18 Å². The van der Waals surface area contributed by atoms with Gasteiger partial charge in [0.15, 0.2) is 0 Å². The van der Waals surface area contributed by atoms with E-state index in [1.807, 2.05) is 0 Å². The second-order valence-corrected chi connectivity index (χ2v) is 7.07. The Bertz CT molecular complexity index is 654. The molecule has 1 atom stereocenters. The summed E-state index contributed by atoms with van der Waals surface area (Å²) in [7, 11) is 0. The van der Waals surface area contributed by atoms with Crippen molar-refractivity contribution in [3.63, 3.8) is 0 Å². The number of likely N-dealkylation sites (tertiary alicyclic amines) is 1. The molecule has 2 rings (SSSR count). The number of nitrogens with zero attached hydrogens (tertiary/aromatic N) is 1. The highest BCUT2D eigenvalue weighted by Crippen LogP contribution is 2.29. The number of hydrogen-bond donors (Lipinski definition) is 2. The van der Waals surface area contributed by atoms with E-state index in [2.05, 4.69) is 5.32 Å². The predicted octanol–water partition coefficient (Wildman–Crippen LogP) is 2.69. The van der Waals surface area contributed by atoms with Crippen LogP contribution >= 0.6 is 0 Å². The highest BCUT2D eigenvalue weighted by molar-refractivity contribution is 5.81. The number of rotatable bonds is 6. The van der Waals surface area contributed by atoms with Gasteiger partial charge in [-0.1, -0.05) is 12.1 Å². The summed E-state index contributed by atoms with van der Waals surface area (Å²) in [6, 6.07) is 4.45. The summed E-state index contributed by atoms with van der Waals surface area (Å²) in [4.78, 5) is 25.6. The van der Waals surface area contributed by atoms with Gasteiger partial charge in [0.25, 0.3) is 0 Å². The standard InChI is InChI=1S/C19H26F3N3O2/c1-13(23)18(27)25-9-7-14(8-10-25)5-6-17(26)24-12-15-3-2-4-16(11-15)19(20,21)22/h2-4,11,13-14H,5-10,12,23H2,1H3,(H,24,26)/t13-/m0/s1. The lowest BCUT2D eigenvalue weighted by Gasteiger charge is -2.33. The van der Waals surface area contributed by atoms with Crippen LogP contribution in [0, 0.1) is 5.92 Å². The molecule has 1 saturated heterocycles. The molecule has 5 nitrogen and oxygen atoms in total. The molecule has 0 unspecified atom stereocenters. The number of carbonyl (C=O) groups excluding carboxylic acids is 2. The van der Waals surface area contributed by atoms with Crippen LogP contribution in [0.25, 0.3) is 0 Å². The molecule has 0 bridgehead atoms. The summed E-state index contributed by atoms with van der Waals surface area (Å²) >= 11 is 0. The molecule has 1 aliphatic heterocycles. The van der Waals surface area contributed by atoms with Crippen molar-refractivity contribution >= 4 is 11.8 Å². The number of benzene rings is 1. The monoisotopic (exact) mass is 385 g/mol. The van der Waals surface area contributed by atoms with Crippen molar-refractivity contribution in [1.29, 1.82) is 0 Å². The first kappa shape index (κ1) is 21.2. The lowest BCUT2D eigenvalue weighted by atomic mass is 9.92. The fourth-order valence-electron chi connectivity index (χ4n) is 3.21. The Morgan fingerprint density at radius 1 is 1.30 bits per heavy atom. The molecule has 0 radical (unpaired) electrons. The topological polar surface area (TPSA) is 75.4 Å². The molecule has 150 valence electrons. The minimum absolute atomic E-state index is 0.0488. The molecule has 27 heavy (non-hydrogen) atoms. The Morgan fingerprint density at radius 2 is 1.96 bits per heavy atom. The van der Waals surface area contributed by atoms with Crippen LogP contribution in [0.1, 0.15) is 43.7 Å². The number of halogens is 3. The van der Waals surface area contributed by atoms with E-state index in [4.69, 9.17) is 5.73 Å². The predicted molar refractivity (Wildman–Crippen MR) is 95.5 cm³/mol. The molecule has 2 amide bonds. The zero-order chi connectivity index (χ0) is 20.0. The van der Waals surface area contributed by atoms with E-state index in [1.54, 1.807) is 17.9 Å². The molecule has 1 aromatic rings. The Labute approximate surface area is 157 Å². The lowest BCUT2D eigenvalue weighted by Crippen LogP contribution is -2.46. The van der Waals surface area contributed by atoms with Crippen LogP contribution in [0.4, 0.5) is 13.2 Å². The number of piperidine rings is 1. The zero-order valence-corrected chi connectivity index (χ0v) is 15.4. The van der Waals surface area contributed by atoms with Gasteiger partial charge in [0.1, 0.15) is 0 Å². The van der Waals surface area contributed by atoms with E-state index in [1.165, 1.54) is 6.07 Å². The third-order valence-electron chi connectivity index (χ3n) is 4.84.